The molecule has 0 bridgehead atoms. The Hall–Kier alpha value is -0.570. The molecule has 1 atom stereocenters. The number of amides is 1. The van der Waals surface area contributed by atoms with Crippen LogP contribution in [-0.4, -0.2) is 48.4 Å². The lowest BCUT2D eigenvalue weighted by Gasteiger charge is -2.25. The van der Waals surface area contributed by atoms with Crippen molar-refractivity contribution >= 4 is 5.91 Å². The van der Waals surface area contributed by atoms with Crippen LogP contribution < -0.4 is 0 Å². The lowest BCUT2D eigenvalue weighted by molar-refractivity contribution is -0.130. The third-order valence-corrected chi connectivity index (χ3v) is 2.59. The fraction of sp³-hybridized carbons (Fsp3) is 0.889. The Bertz CT molecular complexity index is 170. The Kier molecular flexibility index (Phi) is 3.09. The Labute approximate surface area is 74.3 Å². The Balaban J connectivity index is 2.56. The Morgan fingerprint density at radius 3 is 2.58 bits per heavy atom. The quantitative estimate of drug-likeness (QED) is 0.530. The predicted octanol–water partition coefficient (Wildman–Crippen LogP) is 0.559. The van der Waals surface area contributed by atoms with Gasteiger partial charge in [0.05, 0.1) is 0 Å². The molecule has 0 aromatic carbocycles. The van der Waals surface area contributed by atoms with Crippen LogP contribution in [0.15, 0.2) is 0 Å². The van der Waals surface area contributed by atoms with Gasteiger partial charge in [0.15, 0.2) is 0 Å². The molecule has 0 aromatic heterocycles. The minimum absolute atomic E-state index is 0.206. The van der Waals surface area contributed by atoms with Gasteiger partial charge in [-0.15, -0.1) is 0 Å². The SMILES string of the molecule is CC(=O)N1CCN(C)CCC1C. The van der Waals surface area contributed by atoms with Crippen molar-refractivity contribution in [2.24, 2.45) is 0 Å². The molecule has 0 aliphatic carbocycles. The summed E-state index contributed by atoms with van der Waals surface area (Å²) < 4.78 is 0. The number of hydrogen-bond acceptors (Lipinski definition) is 2. The first-order chi connectivity index (χ1) is 5.61. The van der Waals surface area contributed by atoms with Crippen molar-refractivity contribution in [3.63, 3.8) is 0 Å². The molecule has 0 saturated carbocycles. The van der Waals surface area contributed by atoms with Crippen LogP contribution in [0.1, 0.15) is 20.3 Å². The summed E-state index contributed by atoms with van der Waals surface area (Å²) in [6.45, 7) is 6.77. The monoisotopic (exact) mass is 170 g/mol. The van der Waals surface area contributed by atoms with Crippen molar-refractivity contribution in [1.82, 2.24) is 9.80 Å². The first-order valence-corrected chi connectivity index (χ1v) is 4.57. The van der Waals surface area contributed by atoms with Gasteiger partial charge in [0.1, 0.15) is 0 Å². The van der Waals surface area contributed by atoms with Crippen LogP contribution in [-0.2, 0) is 4.79 Å². The first kappa shape index (κ1) is 9.52. The van der Waals surface area contributed by atoms with Crippen LogP contribution in [0.25, 0.3) is 0 Å². The van der Waals surface area contributed by atoms with Crippen LogP contribution in [0.2, 0.25) is 0 Å². The van der Waals surface area contributed by atoms with Crippen LogP contribution in [0, 0.1) is 0 Å². The second kappa shape index (κ2) is 3.90. The van der Waals surface area contributed by atoms with Gasteiger partial charge in [-0.3, -0.25) is 4.79 Å². The molecule has 0 aromatic rings. The van der Waals surface area contributed by atoms with Crippen molar-refractivity contribution in [2.45, 2.75) is 26.3 Å². The summed E-state index contributed by atoms with van der Waals surface area (Å²) in [7, 11) is 2.11. The summed E-state index contributed by atoms with van der Waals surface area (Å²) in [5.41, 5.74) is 0. The minimum atomic E-state index is 0.206. The normalized spacial score (nSPS) is 26.9. The number of likely N-dealkylation sites (N-methyl/N-ethyl adjacent to an activating group) is 1. The van der Waals surface area contributed by atoms with Gasteiger partial charge >= 0.3 is 0 Å². The van der Waals surface area contributed by atoms with E-state index in [2.05, 4.69) is 18.9 Å². The first-order valence-electron chi connectivity index (χ1n) is 4.57. The van der Waals surface area contributed by atoms with Crippen molar-refractivity contribution in [2.75, 3.05) is 26.7 Å². The number of carbonyl (C=O) groups is 1. The van der Waals surface area contributed by atoms with Crippen molar-refractivity contribution in [1.29, 1.82) is 0 Å². The van der Waals surface area contributed by atoms with E-state index in [-0.39, 0.29) is 5.91 Å². The molecule has 12 heavy (non-hydrogen) atoms. The molecule has 3 nitrogen and oxygen atoms in total. The third kappa shape index (κ3) is 2.21. The van der Waals surface area contributed by atoms with Crippen LogP contribution >= 0.6 is 0 Å². The zero-order valence-corrected chi connectivity index (χ0v) is 8.21. The number of carbonyl (C=O) groups excluding carboxylic acids is 1. The molecule has 1 aliphatic rings. The molecule has 1 rings (SSSR count). The number of nitrogens with zero attached hydrogens (tertiary/aromatic N) is 2. The van der Waals surface area contributed by atoms with Crippen molar-refractivity contribution < 1.29 is 4.79 Å². The smallest absolute Gasteiger partial charge is 0.219 e. The molecule has 0 radical (unpaired) electrons. The average Bonchev–Trinajstić information content (AvgIpc) is 2.14. The second-order valence-corrected chi connectivity index (χ2v) is 3.65. The molecule has 3 heteroatoms. The van der Waals surface area contributed by atoms with E-state index in [1.54, 1.807) is 6.92 Å². The van der Waals surface area contributed by atoms with Gasteiger partial charge in [0.2, 0.25) is 5.91 Å². The van der Waals surface area contributed by atoms with Gasteiger partial charge in [-0.1, -0.05) is 0 Å². The summed E-state index contributed by atoms with van der Waals surface area (Å²) in [4.78, 5) is 15.4. The van der Waals surface area contributed by atoms with Crippen LogP contribution in [0.4, 0.5) is 0 Å². The second-order valence-electron chi connectivity index (χ2n) is 3.65. The predicted molar refractivity (Wildman–Crippen MR) is 49.0 cm³/mol. The molecule has 0 spiro atoms. The van der Waals surface area contributed by atoms with Gasteiger partial charge in [0, 0.05) is 26.1 Å². The Morgan fingerprint density at radius 1 is 1.33 bits per heavy atom. The topological polar surface area (TPSA) is 23.6 Å². The number of hydrogen-bond donors (Lipinski definition) is 0. The molecule has 1 saturated heterocycles. The highest BCUT2D eigenvalue weighted by atomic mass is 16.2. The summed E-state index contributed by atoms with van der Waals surface area (Å²) in [6.07, 6.45) is 1.09. The van der Waals surface area contributed by atoms with Crippen LogP contribution in [0.3, 0.4) is 0 Å². The highest BCUT2D eigenvalue weighted by molar-refractivity contribution is 5.73. The fourth-order valence-electron chi connectivity index (χ4n) is 1.64. The molecular weight excluding hydrogens is 152 g/mol. The summed E-state index contributed by atoms with van der Waals surface area (Å²) in [5.74, 6) is 0.206. The molecule has 70 valence electrons. The minimum Gasteiger partial charge on any atom is -0.339 e. The van der Waals surface area contributed by atoms with Gasteiger partial charge < -0.3 is 9.80 Å². The van der Waals surface area contributed by atoms with E-state index in [1.165, 1.54) is 0 Å². The molecule has 1 amide bonds. The van der Waals surface area contributed by atoms with Crippen molar-refractivity contribution in [3.05, 3.63) is 0 Å². The molecular formula is C9H18N2O. The van der Waals surface area contributed by atoms with Crippen molar-refractivity contribution in [3.8, 4) is 0 Å². The molecule has 1 fully saturated rings. The van der Waals surface area contributed by atoms with Crippen LogP contribution in [0.5, 0.6) is 0 Å². The van der Waals surface area contributed by atoms with Gasteiger partial charge in [-0.25, -0.2) is 0 Å². The zero-order valence-electron chi connectivity index (χ0n) is 8.21. The van der Waals surface area contributed by atoms with E-state index < -0.39 is 0 Å². The highest BCUT2D eigenvalue weighted by Crippen LogP contribution is 2.09. The largest absolute Gasteiger partial charge is 0.339 e. The molecule has 1 heterocycles. The Morgan fingerprint density at radius 2 is 2.00 bits per heavy atom. The van der Waals surface area contributed by atoms with Gasteiger partial charge in [0.25, 0.3) is 0 Å². The maximum absolute atomic E-state index is 11.2. The summed E-state index contributed by atoms with van der Waals surface area (Å²) >= 11 is 0. The van der Waals surface area contributed by atoms with E-state index in [0.29, 0.717) is 6.04 Å². The maximum Gasteiger partial charge on any atom is 0.219 e. The standard InChI is InChI=1S/C9H18N2O/c1-8-4-5-10(3)6-7-11(8)9(2)12/h8H,4-7H2,1-3H3. The summed E-state index contributed by atoms with van der Waals surface area (Å²) in [6, 6.07) is 0.410. The number of rotatable bonds is 0. The third-order valence-electron chi connectivity index (χ3n) is 2.59. The maximum atomic E-state index is 11.2. The van der Waals surface area contributed by atoms with E-state index in [4.69, 9.17) is 0 Å². The lowest BCUT2D eigenvalue weighted by Crippen LogP contribution is -2.38. The zero-order chi connectivity index (χ0) is 9.14. The van der Waals surface area contributed by atoms with E-state index >= 15 is 0 Å². The summed E-state index contributed by atoms with van der Waals surface area (Å²) in [5, 5.41) is 0. The highest BCUT2D eigenvalue weighted by Gasteiger charge is 2.20. The van der Waals surface area contributed by atoms with E-state index in [1.807, 2.05) is 4.90 Å². The van der Waals surface area contributed by atoms with E-state index in [0.717, 1.165) is 26.1 Å². The average molecular weight is 170 g/mol. The molecule has 0 N–H and O–H groups in total. The van der Waals surface area contributed by atoms with Gasteiger partial charge in [-0.05, 0) is 26.9 Å². The molecule has 1 unspecified atom stereocenters. The van der Waals surface area contributed by atoms with E-state index in [9.17, 15) is 4.79 Å². The fourth-order valence-corrected chi connectivity index (χ4v) is 1.64. The van der Waals surface area contributed by atoms with Gasteiger partial charge in [-0.2, -0.15) is 0 Å². The lowest BCUT2D eigenvalue weighted by atomic mass is 10.2. The molecule has 1 aliphatic heterocycles.